The van der Waals surface area contributed by atoms with E-state index in [0.29, 0.717) is 18.7 Å². The predicted molar refractivity (Wildman–Crippen MR) is 78.7 cm³/mol. The molecule has 2 amide bonds. The van der Waals surface area contributed by atoms with E-state index in [1.165, 1.54) is 6.20 Å². The zero-order chi connectivity index (χ0) is 15.1. The summed E-state index contributed by atoms with van der Waals surface area (Å²) in [4.78, 5) is 30.0. The molecule has 1 rings (SSSR count). The molecule has 1 unspecified atom stereocenters. The highest BCUT2D eigenvalue weighted by molar-refractivity contribution is 5.98. The molecule has 0 spiro atoms. The first-order chi connectivity index (χ1) is 9.53. The van der Waals surface area contributed by atoms with Gasteiger partial charge in [-0.15, -0.1) is 0 Å². The second-order valence-electron chi connectivity index (χ2n) is 4.69. The van der Waals surface area contributed by atoms with Crippen molar-refractivity contribution in [3.8, 4) is 0 Å². The van der Waals surface area contributed by atoms with Crippen molar-refractivity contribution < 1.29 is 9.59 Å². The molecule has 5 nitrogen and oxygen atoms in total. The summed E-state index contributed by atoms with van der Waals surface area (Å²) in [5.41, 5.74) is 0.779. The number of carbonyl (C=O) groups is 2. The van der Waals surface area contributed by atoms with E-state index in [-0.39, 0.29) is 23.6 Å². The van der Waals surface area contributed by atoms with Crippen LogP contribution in [0.2, 0.25) is 0 Å². The summed E-state index contributed by atoms with van der Waals surface area (Å²) in [6, 6.07) is 3.28. The summed E-state index contributed by atoms with van der Waals surface area (Å²) in [6.07, 6.45) is 2.35. The Labute approximate surface area is 120 Å². The molecule has 1 aromatic heterocycles. The Morgan fingerprint density at radius 1 is 1.30 bits per heavy atom. The fourth-order valence-corrected chi connectivity index (χ4v) is 1.78. The highest BCUT2D eigenvalue weighted by Crippen LogP contribution is 2.07. The normalized spacial score (nSPS) is 11.8. The molecular weight excluding hydrogens is 254 g/mol. The standard InChI is InChI=1S/C15H23N3O2/c1-5-11(4)17-14(19)13-10-12(8-9-16-13)15(20)18(6-2)7-3/h8-11H,5-7H2,1-4H3,(H,17,19). The molecule has 1 heterocycles. The lowest BCUT2D eigenvalue weighted by Crippen LogP contribution is -2.33. The van der Waals surface area contributed by atoms with E-state index in [4.69, 9.17) is 0 Å². The highest BCUT2D eigenvalue weighted by atomic mass is 16.2. The fourth-order valence-electron chi connectivity index (χ4n) is 1.78. The second-order valence-corrected chi connectivity index (χ2v) is 4.69. The van der Waals surface area contributed by atoms with E-state index in [1.807, 2.05) is 27.7 Å². The van der Waals surface area contributed by atoms with Crippen molar-refractivity contribution in [2.24, 2.45) is 0 Å². The van der Waals surface area contributed by atoms with Gasteiger partial charge in [0.05, 0.1) is 0 Å². The SMILES string of the molecule is CCC(C)NC(=O)c1cc(C(=O)N(CC)CC)ccn1. The van der Waals surface area contributed by atoms with Crippen molar-refractivity contribution in [3.63, 3.8) is 0 Å². The average Bonchev–Trinajstić information content (AvgIpc) is 2.48. The molecule has 110 valence electrons. The summed E-state index contributed by atoms with van der Waals surface area (Å²) >= 11 is 0. The molecule has 0 aromatic carbocycles. The van der Waals surface area contributed by atoms with Crippen LogP contribution in [0.15, 0.2) is 18.3 Å². The van der Waals surface area contributed by atoms with Gasteiger partial charge in [0.2, 0.25) is 0 Å². The number of aromatic nitrogens is 1. The largest absolute Gasteiger partial charge is 0.348 e. The van der Waals surface area contributed by atoms with Gasteiger partial charge in [0.15, 0.2) is 0 Å². The van der Waals surface area contributed by atoms with Gasteiger partial charge in [0, 0.05) is 30.9 Å². The van der Waals surface area contributed by atoms with Gasteiger partial charge in [-0.05, 0) is 39.3 Å². The monoisotopic (exact) mass is 277 g/mol. The van der Waals surface area contributed by atoms with Gasteiger partial charge in [-0.2, -0.15) is 0 Å². The van der Waals surface area contributed by atoms with Crippen molar-refractivity contribution in [3.05, 3.63) is 29.6 Å². The van der Waals surface area contributed by atoms with Crippen LogP contribution < -0.4 is 5.32 Å². The van der Waals surface area contributed by atoms with Crippen LogP contribution >= 0.6 is 0 Å². The minimum Gasteiger partial charge on any atom is -0.348 e. The molecule has 5 heteroatoms. The minimum atomic E-state index is -0.242. The van der Waals surface area contributed by atoms with Crippen LogP contribution in [0.3, 0.4) is 0 Å². The zero-order valence-corrected chi connectivity index (χ0v) is 12.6. The van der Waals surface area contributed by atoms with Crippen molar-refractivity contribution in [1.29, 1.82) is 0 Å². The maximum Gasteiger partial charge on any atom is 0.270 e. The number of amides is 2. The molecule has 0 fully saturated rings. The van der Waals surface area contributed by atoms with E-state index in [1.54, 1.807) is 17.0 Å². The van der Waals surface area contributed by atoms with Gasteiger partial charge >= 0.3 is 0 Å². The Balaban J connectivity index is 2.90. The van der Waals surface area contributed by atoms with Crippen molar-refractivity contribution >= 4 is 11.8 Å². The maximum atomic E-state index is 12.2. The van der Waals surface area contributed by atoms with Crippen molar-refractivity contribution in [1.82, 2.24) is 15.2 Å². The third kappa shape index (κ3) is 4.05. The van der Waals surface area contributed by atoms with Crippen LogP contribution in [0, 0.1) is 0 Å². The first kappa shape index (κ1) is 16.1. The molecule has 1 aromatic rings. The lowest BCUT2D eigenvalue weighted by Gasteiger charge is -2.18. The van der Waals surface area contributed by atoms with Crippen LogP contribution in [-0.2, 0) is 0 Å². The summed E-state index contributed by atoms with van der Waals surface area (Å²) in [6.45, 7) is 9.08. The number of nitrogens with one attached hydrogen (secondary N) is 1. The van der Waals surface area contributed by atoms with Crippen LogP contribution in [0.5, 0.6) is 0 Å². The summed E-state index contributed by atoms with van der Waals surface area (Å²) in [5.74, 6) is -0.316. The van der Waals surface area contributed by atoms with Crippen LogP contribution in [-0.4, -0.2) is 40.8 Å². The fraction of sp³-hybridized carbons (Fsp3) is 0.533. The Morgan fingerprint density at radius 2 is 1.95 bits per heavy atom. The molecule has 1 N–H and O–H groups in total. The first-order valence-electron chi connectivity index (χ1n) is 7.09. The average molecular weight is 277 g/mol. The van der Waals surface area contributed by atoms with Crippen molar-refractivity contribution in [2.45, 2.75) is 40.2 Å². The number of rotatable bonds is 6. The molecular formula is C15H23N3O2. The highest BCUT2D eigenvalue weighted by Gasteiger charge is 2.16. The van der Waals surface area contributed by atoms with Gasteiger partial charge in [0.25, 0.3) is 11.8 Å². The number of nitrogens with zero attached hydrogens (tertiary/aromatic N) is 2. The van der Waals surface area contributed by atoms with Crippen LogP contribution in [0.1, 0.15) is 55.0 Å². The summed E-state index contributed by atoms with van der Waals surface area (Å²) in [7, 11) is 0. The lowest BCUT2D eigenvalue weighted by atomic mass is 10.2. The quantitative estimate of drug-likeness (QED) is 0.866. The van der Waals surface area contributed by atoms with Crippen LogP contribution in [0.25, 0.3) is 0 Å². The molecule has 20 heavy (non-hydrogen) atoms. The van der Waals surface area contributed by atoms with E-state index < -0.39 is 0 Å². The molecule has 0 radical (unpaired) electrons. The van der Waals surface area contributed by atoms with Gasteiger partial charge in [-0.25, -0.2) is 0 Å². The number of hydrogen-bond donors (Lipinski definition) is 1. The van der Waals surface area contributed by atoms with E-state index in [9.17, 15) is 9.59 Å². The Morgan fingerprint density at radius 3 is 2.50 bits per heavy atom. The minimum absolute atomic E-state index is 0.0741. The lowest BCUT2D eigenvalue weighted by molar-refractivity contribution is 0.0773. The third-order valence-electron chi connectivity index (χ3n) is 3.28. The van der Waals surface area contributed by atoms with Crippen LogP contribution in [0.4, 0.5) is 0 Å². The number of carbonyl (C=O) groups excluding carboxylic acids is 2. The molecule has 0 saturated carbocycles. The zero-order valence-electron chi connectivity index (χ0n) is 12.6. The van der Waals surface area contributed by atoms with Crippen molar-refractivity contribution in [2.75, 3.05) is 13.1 Å². The van der Waals surface area contributed by atoms with E-state index in [2.05, 4.69) is 10.3 Å². The molecule has 0 aliphatic heterocycles. The third-order valence-corrected chi connectivity index (χ3v) is 3.28. The van der Waals surface area contributed by atoms with E-state index >= 15 is 0 Å². The van der Waals surface area contributed by atoms with E-state index in [0.717, 1.165) is 6.42 Å². The topological polar surface area (TPSA) is 62.3 Å². The summed E-state index contributed by atoms with van der Waals surface area (Å²) in [5, 5.41) is 2.84. The molecule has 0 bridgehead atoms. The Hall–Kier alpha value is -1.91. The summed E-state index contributed by atoms with van der Waals surface area (Å²) < 4.78 is 0. The first-order valence-corrected chi connectivity index (χ1v) is 7.09. The van der Waals surface area contributed by atoms with Gasteiger partial charge < -0.3 is 10.2 Å². The van der Waals surface area contributed by atoms with Gasteiger partial charge in [0.1, 0.15) is 5.69 Å². The van der Waals surface area contributed by atoms with Gasteiger partial charge in [-0.3, -0.25) is 14.6 Å². The second kappa shape index (κ2) is 7.62. The maximum absolute atomic E-state index is 12.2. The Kier molecular flexibility index (Phi) is 6.15. The van der Waals surface area contributed by atoms with Gasteiger partial charge in [-0.1, -0.05) is 6.92 Å². The number of hydrogen-bond acceptors (Lipinski definition) is 3. The molecule has 1 atom stereocenters. The Bertz CT molecular complexity index is 470. The molecule has 0 saturated heterocycles. The molecule has 0 aliphatic carbocycles. The smallest absolute Gasteiger partial charge is 0.270 e. The molecule has 0 aliphatic rings. The predicted octanol–water partition coefficient (Wildman–Crippen LogP) is 2.09. The number of pyridine rings is 1.